The fourth-order valence-electron chi connectivity index (χ4n) is 7.91. The van der Waals surface area contributed by atoms with Crippen molar-refractivity contribution in [2.24, 2.45) is 0 Å². The monoisotopic (exact) mass is 1060 g/mol. The van der Waals surface area contributed by atoms with E-state index in [4.69, 9.17) is 14.2 Å². The fourth-order valence-corrected chi connectivity index (χ4v) is 7.91. The standard InChI is InChI=1S/C71H112O6/c1-4-7-10-13-16-19-22-24-26-28-30-32-34-35-37-38-40-42-44-46-49-52-55-58-61-64-70(73)76-67-68(66-75-69(72)63-60-57-54-51-48-21-18-15-12-9-6-3)77-71(74)65-62-59-56-53-50-47-45-43-41-39-36-33-31-29-27-25-23-20-17-14-11-8-5-2/h7-8,10-11,15-20,24-27,30-33,35,37,39,41,45,47,53,56,68H,4-6,9,12-14,21-23,28-29,34,36,38,40,42-44,46,48-52,54-55,57-67H2,1-3H3/b10-7-,11-8-,18-15-,19-16-,20-17-,26-24-,27-25-,32-30-,33-31-,37-35-,41-39-,47-45-,56-53-. The first-order valence-electron chi connectivity index (χ1n) is 31.0. The van der Waals surface area contributed by atoms with Crippen LogP contribution in [-0.2, 0) is 28.6 Å². The molecule has 0 aliphatic carbocycles. The molecule has 6 heteroatoms. The highest BCUT2D eigenvalue weighted by Gasteiger charge is 2.19. The molecule has 0 saturated carbocycles. The first-order chi connectivity index (χ1) is 38.0. The van der Waals surface area contributed by atoms with E-state index >= 15 is 0 Å². The molecule has 0 spiro atoms. The lowest BCUT2D eigenvalue weighted by atomic mass is 10.1. The SMILES string of the molecule is CC/C=C\C/C=C\C/C=C\C/C=C\C/C=C\C/C=C\C/C=C\CCCC(=O)OC(COC(=O)CCCCCCC/C=C\CCCC)COC(=O)CCCCCCCCCCC/C=C\C/C=C\C/C=C\C/C=C\C/C=C\CC. The molecular formula is C71H112O6. The van der Waals surface area contributed by atoms with E-state index in [-0.39, 0.29) is 37.5 Å². The maximum absolute atomic E-state index is 12.9. The number of allylic oxidation sites excluding steroid dienone is 26. The molecule has 0 aromatic heterocycles. The van der Waals surface area contributed by atoms with E-state index in [0.29, 0.717) is 19.3 Å². The summed E-state index contributed by atoms with van der Waals surface area (Å²) in [5.74, 6) is -0.994. The minimum Gasteiger partial charge on any atom is -0.462 e. The lowest BCUT2D eigenvalue weighted by molar-refractivity contribution is -0.167. The van der Waals surface area contributed by atoms with E-state index in [1.165, 1.54) is 64.2 Å². The van der Waals surface area contributed by atoms with Crippen LogP contribution in [0, 0.1) is 0 Å². The van der Waals surface area contributed by atoms with Gasteiger partial charge in [0.2, 0.25) is 0 Å². The van der Waals surface area contributed by atoms with Gasteiger partial charge in [-0.3, -0.25) is 14.4 Å². The van der Waals surface area contributed by atoms with Crippen molar-refractivity contribution in [2.45, 2.75) is 258 Å². The zero-order chi connectivity index (χ0) is 55.7. The summed E-state index contributed by atoms with van der Waals surface area (Å²) in [6.45, 7) is 6.31. The summed E-state index contributed by atoms with van der Waals surface area (Å²) in [7, 11) is 0. The molecule has 0 aromatic carbocycles. The summed E-state index contributed by atoms with van der Waals surface area (Å²) in [5.41, 5.74) is 0. The second-order valence-electron chi connectivity index (χ2n) is 19.8. The Morgan fingerprint density at radius 1 is 0.273 bits per heavy atom. The molecule has 0 amide bonds. The van der Waals surface area contributed by atoms with Crippen molar-refractivity contribution in [1.82, 2.24) is 0 Å². The Morgan fingerprint density at radius 2 is 0.519 bits per heavy atom. The Balaban J connectivity index is 4.44. The Hall–Kier alpha value is -4.97. The van der Waals surface area contributed by atoms with Crippen LogP contribution in [0.15, 0.2) is 158 Å². The zero-order valence-electron chi connectivity index (χ0n) is 49.4. The Labute approximate surface area is 473 Å². The van der Waals surface area contributed by atoms with Gasteiger partial charge in [0.15, 0.2) is 6.10 Å². The summed E-state index contributed by atoms with van der Waals surface area (Å²) < 4.78 is 16.8. The molecule has 0 bridgehead atoms. The van der Waals surface area contributed by atoms with Crippen LogP contribution < -0.4 is 0 Å². The highest BCUT2D eigenvalue weighted by atomic mass is 16.6. The Kier molecular flexibility index (Phi) is 59.5. The number of hydrogen-bond donors (Lipinski definition) is 0. The normalized spacial score (nSPS) is 13.2. The van der Waals surface area contributed by atoms with Crippen molar-refractivity contribution < 1.29 is 28.6 Å². The average molecular weight is 1060 g/mol. The number of ether oxygens (including phenoxy) is 3. The van der Waals surface area contributed by atoms with Crippen molar-refractivity contribution in [3.63, 3.8) is 0 Å². The van der Waals surface area contributed by atoms with Crippen LogP contribution in [0.25, 0.3) is 0 Å². The molecule has 0 radical (unpaired) electrons. The smallest absolute Gasteiger partial charge is 0.306 e. The van der Waals surface area contributed by atoms with Crippen molar-refractivity contribution in [1.29, 1.82) is 0 Å². The Morgan fingerprint density at radius 3 is 0.844 bits per heavy atom. The highest BCUT2D eigenvalue weighted by molar-refractivity contribution is 5.71. The second-order valence-corrected chi connectivity index (χ2v) is 19.8. The minimum absolute atomic E-state index is 0.113. The van der Waals surface area contributed by atoms with Crippen molar-refractivity contribution >= 4 is 17.9 Å². The van der Waals surface area contributed by atoms with Crippen LogP contribution in [0.5, 0.6) is 0 Å². The molecule has 0 fully saturated rings. The maximum Gasteiger partial charge on any atom is 0.306 e. The fraction of sp³-hybridized carbons (Fsp3) is 0.592. The summed E-state index contributed by atoms with van der Waals surface area (Å²) >= 11 is 0. The maximum atomic E-state index is 12.9. The lowest BCUT2D eigenvalue weighted by Gasteiger charge is -2.18. The molecule has 0 aliphatic heterocycles. The van der Waals surface area contributed by atoms with Gasteiger partial charge < -0.3 is 14.2 Å². The van der Waals surface area contributed by atoms with E-state index < -0.39 is 6.10 Å². The van der Waals surface area contributed by atoms with Crippen molar-refractivity contribution in [3.05, 3.63) is 158 Å². The summed E-state index contributed by atoms with van der Waals surface area (Å²) in [5, 5.41) is 0. The van der Waals surface area contributed by atoms with Gasteiger partial charge in [0.25, 0.3) is 0 Å². The van der Waals surface area contributed by atoms with Crippen LogP contribution in [0.2, 0.25) is 0 Å². The van der Waals surface area contributed by atoms with E-state index in [2.05, 4.69) is 179 Å². The molecule has 0 N–H and O–H groups in total. The van der Waals surface area contributed by atoms with Gasteiger partial charge in [-0.1, -0.05) is 256 Å². The average Bonchev–Trinajstić information content (AvgIpc) is 3.43. The van der Waals surface area contributed by atoms with E-state index in [0.717, 1.165) is 141 Å². The molecule has 1 unspecified atom stereocenters. The molecule has 0 heterocycles. The van der Waals surface area contributed by atoms with Crippen LogP contribution in [-0.4, -0.2) is 37.2 Å². The number of carbonyl (C=O) groups excluding carboxylic acids is 3. The quantitative estimate of drug-likeness (QED) is 0.0261. The molecule has 0 rings (SSSR count). The molecular weight excluding hydrogens is 949 g/mol. The van der Waals surface area contributed by atoms with E-state index in [1.54, 1.807) is 0 Å². The van der Waals surface area contributed by atoms with Crippen molar-refractivity contribution in [3.8, 4) is 0 Å². The Bertz CT molecular complexity index is 1740. The van der Waals surface area contributed by atoms with Crippen LogP contribution in [0.4, 0.5) is 0 Å². The van der Waals surface area contributed by atoms with E-state index in [9.17, 15) is 14.4 Å². The molecule has 432 valence electrons. The predicted molar refractivity (Wildman–Crippen MR) is 334 cm³/mol. The molecule has 0 aromatic rings. The topological polar surface area (TPSA) is 78.9 Å². The first-order valence-corrected chi connectivity index (χ1v) is 31.0. The number of unbranched alkanes of at least 4 members (excludes halogenated alkanes) is 17. The van der Waals surface area contributed by atoms with Gasteiger partial charge in [0, 0.05) is 19.3 Å². The molecule has 0 saturated heterocycles. The minimum atomic E-state index is -0.823. The molecule has 77 heavy (non-hydrogen) atoms. The number of hydrogen-bond acceptors (Lipinski definition) is 6. The molecule has 6 nitrogen and oxygen atoms in total. The largest absolute Gasteiger partial charge is 0.462 e. The third-order valence-electron chi connectivity index (χ3n) is 12.5. The van der Waals surface area contributed by atoms with Gasteiger partial charge in [0.05, 0.1) is 0 Å². The second kappa shape index (κ2) is 63.6. The highest BCUT2D eigenvalue weighted by Crippen LogP contribution is 2.14. The summed E-state index contributed by atoms with van der Waals surface area (Å²) in [6.07, 6.45) is 92.5. The van der Waals surface area contributed by atoms with Gasteiger partial charge in [0.1, 0.15) is 13.2 Å². The van der Waals surface area contributed by atoms with Crippen LogP contribution in [0.1, 0.15) is 252 Å². The lowest BCUT2D eigenvalue weighted by Crippen LogP contribution is -2.30. The zero-order valence-corrected chi connectivity index (χ0v) is 49.4. The van der Waals surface area contributed by atoms with Crippen LogP contribution in [0.3, 0.4) is 0 Å². The first kappa shape index (κ1) is 72.0. The van der Waals surface area contributed by atoms with Gasteiger partial charge in [-0.25, -0.2) is 0 Å². The number of esters is 3. The number of carbonyl (C=O) groups is 3. The predicted octanol–water partition coefficient (Wildman–Crippen LogP) is 21.3. The number of rotatable bonds is 54. The van der Waals surface area contributed by atoms with Gasteiger partial charge in [-0.2, -0.15) is 0 Å². The van der Waals surface area contributed by atoms with Gasteiger partial charge in [-0.05, 0) is 135 Å². The third kappa shape index (κ3) is 61.8. The van der Waals surface area contributed by atoms with Gasteiger partial charge >= 0.3 is 17.9 Å². The summed E-state index contributed by atoms with van der Waals surface area (Å²) in [6, 6.07) is 0. The molecule has 1 atom stereocenters. The molecule has 0 aliphatic rings. The summed E-state index contributed by atoms with van der Waals surface area (Å²) in [4.78, 5) is 38.2. The van der Waals surface area contributed by atoms with Gasteiger partial charge in [-0.15, -0.1) is 0 Å². The van der Waals surface area contributed by atoms with Crippen molar-refractivity contribution in [2.75, 3.05) is 13.2 Å². The van der Waals surface area contributed by atoms with E-state index in [1.807, 2.05) is 0 Å². The van der Waals surface area contributed by atoms with Crippen LogP contribution >= 0.6 is 0 Å². The third-order valence-corrected chi connectivity index (χ3v) is 12.5.